The van der Waals surface area contributed by atoms with Gasteiger partial charge in [0, 0.05) is 19.3 Å². The summed E-state index contributed by atoms with van der Waals surface area (Å²) in [6.45, 7) is 6.62. The van der Waals surface area contributed by atoms with E-state index in [-0.39, 0.29) is 31.1 Å². The second-order valence-electron chi connectivity index (χ2n) is 24.1. The summed E-state index contributed by atoms with van der Waals surface area (Å²) in [6, 6.07) is 0. The summed E-state index contributed by atoms with van der Waals surface area (Å²) in [5.41, 5.74) is 0. The van der Waals surface area contributed by atoms with Gasteiger partial charge in [0.05, 0.1) is 0 Å². The third-order valence-corrected chi connectivity index (χ3v) is 15.9. The van der Waals surface area contributed by atoms with Crippen LogP contribution in [0.5, 0.6) is 0 Å². The molecule has 0 aliphatic carbocycles. The van der Waals surface area contributed by atoms with E-state index in [0.717, 1.165) is 89.9 Å². The van der Waals surface area contributed by atoms with Crippen molar-refractivity contribution < 1.29 is 28.6 Å². The number of hydrogen-bond donors (Lipinski definition) is 0. The van der Waals surface area contributed by atoms with Crippen LogP contribution in [0.1, 0.15) is 374 Å². The highest BCUT2D eigenvalue weighted by Crippen LogP contribution is 2.18. The lowest BCUT2D eigenvalue weighted by Crippen LogP contribution is -2.30. The van der Waals surface area contributed by atoms with Crippen molar-refractivity contribution in [2.24, 2.45) is 0 Å². The Kier molecular flexibility index (Phi) is 67.6. The smallest absolute Gasteiger partial charge is 0.306 e. The van der Waals surface area contributed by atoms with Gasteiger partial charge in [0.2, 0.25) is 0 Å². The summed E-state index contributed by atoms with van der Waals surface area (Å²) in [6.07, 6.45) is 92.2. The van der Waals surface area contributed by atoms with Crippen LogP contribution in [0.15, 0.2) is 72.9 Å². The van der Waals surface area contributed by atoms with Crippen LogP contribution in [-0.2, 0) is 28.6 Å². The van der Waals surface area contributed by atoms with Gasteiger partial charge in [-0.15, -0.1) is 0 Å². The zero-order valence-corrected chi connectivity index (χ0v) is 54.8. The number of esters is 3. The first-order chi connectivity index (χ1) is 40.5. The Hall–Kier alpha value is -3.15. The first kappa shape index (κ1) is 78.8. The van der Waals surface area contributed by atoms with E-state index >= 15 is 0 Å². The van der Waals surface area contributed by atoms with Crippen molar-refractivity contribution in [3.8, 4) is 0 Å². The van der Waals surface area contributed by atoms with Gasteiger partial charge in [0.1, 0.15) is 13.2 Å². The third-order valence-electron chi connectivity index (χ3n) is 15.9. The van der Waals surface area contributed by atoms with Crippen LogP contribution in [0.25, 0.3) is 0 Å². The fraction of sp³-hybridized carbons (Fsp3) is 0.803. The molecule has 0 amide bonds. The molecule has 0 N–H and O–H groups in total. The number of carbonyl (C=O) groups excluding carboxylic acids is 3. The average molecular weight is 1150 g/mol. The molecule has 0 fully saturated rings. The minimum atomic E-state index is -0.784. The Morgan fingerprint density at radius 2 is 0.451 bits per heavy atom. The monoisotopic (exact) mass is 1150 g/mol. The van der Waals surface area contributed by atoms with Gasteiger partial charge >= 0.3 is 17.9 Å². The Labute approximate surface area is 510 Å². The number of hydrogen-bond acceptors (Lipinski definition) is 6. The van der Waals surface area contributed by atoms with Crippen LogP contribution in [0.3, 0.4) is 0 Å². The van der Waals surface area contributed by atoms with Crippen LogP contribution in [0.2, 0.25) is 0 Å². The van der Waals surface area contributed by atoms with Crippen LogP contribution in [0, 0.1) is 0 Å². The van der Waals surface area contributed by atoms with Crippen LogP contribution < -0.4 is 0 Å². The third kappa shape index (κ3) is 67.6. The molecule has 476 valence electrons. The van der Waals surface area contributed by atoms with E-state index in [1.807, 2.05) is 0 Å². The molecule has 6 nitrogen and oxygen atoms in total. The lowest BCUT2D eigenvalue weighted by molar-refractivity contribution is -0.167. The van der Waals surface area contributed by atoms with Gasteiger partial charge in [-0.25, -0.2) is 0 Å². The second kappa shape index (κ2) is 70.3. The lowest BCUT2D eigenvalue weighted by atomic mass is 10.0. The number of unbranched alkanes of at least 4 members (excludes halogenated alkanes) is 43. The van der Waals surface area contributed by atoms with Crippen LogP contribution in [0.4, 0.5) is 0 Å². The number of rotatable bonds is 66. The average Bonchev–Trinajstić information content (AvgIpc) is 3.48. The van der Waals surface area contributed by atoms with Gasteiger partial charge in [-0.3, -0.25) is 14.4 Å². The predicted octanol–water partition coefficient (Wildman–Crippen LogP) is 24.8. The largest absolute Gasteiger partial charge is 0.462 e. The zero-order valence-electron chi connectivity index (χ0n) is 54.8. The summed E-state index contributed by atoms with van der Waals surface area (Å²) in [7, 11) is 0. The summed E-state index contributed by atoms with van der Waals surface area (Å²) in [4.78, 5) is 38.4. The molecule has 1 unspecified atom stereocenters. The van der Waals surface area contributed by atoms with Gasteiger partial charge < -0.3 is 14.2 Å². The fourth-order valence-corrected chi connectivity index (χ4v) is 10.5. The molecule has 0 saturated carbocycles. The minimum Gasteiger partial charge on any atom is -0.462 e. The highest BCUT2D eigenvalue weighted by atomic mass is 16.6. The topological polar surface area (TPSA) is 78.9 Å². The van der Waals surface area contributed by atoms with Crippen molar-refractivity contribution in [3.63, 3.8) is 0 Å². The van der Waals surface area contributed by atoms with Gasteiger partial charge in [0.25, 0.3) is 0 Å². The molecule has 1 atom stereocenters. The maximum absolute atomic E-state index is 13.0. The first-order valence-corrected chi connectivity index (χ1v) is 35.9. The molecule has 0 aliphatic rings. The molecule has 0 aliphatic heterocycles. The Balaban J connectivity index is 4.25. The normalized spacial score (nSPS) is 12.5. The van der Waals surface area contributed by atoms with E-state index in [9.17, 15) is 14.4 Å². The number of allylic oxidation sites excluding steroid dienone is 12. The van der Waals surface area contributed by atoms with Gasteiger partial charge in [-0.1, -0.05) is 318 Å². The van der Waals surface area contributed by atoms with Crippen molar-refractivity contribution in [2.75, 3.05) is 13.2 Å². The maximum atomic E-state index is 13.0. The molecule has 82 heavy (non-hydrogen) atoms. The molecular weight excluding hydrogens is 1010 g/mol. The molecule has 0 heterocycles. The summed E-state index contributed by atoms with van der Waals surface area (Å²) >= 11 is 0. The van der Waals surface area contributed by atoms with Gasteiger partial charge in [-0.05, 0) is 109 Å². The lowest BCUT2D eigenvalue weighted by Gasteiger charge is -2.18. The number of ether oxygens (including phenoxy) is 3. The summed E-state index contributed by atoms with van der Waals surface area (Å²) in [5, 5.41) is 0. The molecule has 0 aromatic heterocycles. The minimum absolute atomic E-state index is 0.0787. The molecular formula is C76H136O6. The van der Waals surface area contributed by atoms with E-state index in [4.69, 9.17) is 14.2 Å². The summed E-state index contributed by atoms with van der Waals surface area (Å²) < 4.78 is 17.0. The molecule has 0 rings (SSSR count). The SMILES string of the molecule is CCCC/C=C\C/C=C\CCCCCCCC(=O)OCC(COC(=O)CCCCCCCCCCCCCCCCCCC/C=C\C/C=C\CCCCCCC)OC(=O)CCCCCCCCCCC/C=C\C/C=C\CCCCCCC. The van der Waals surface area contributed by atoms with Gasteiger partial charge in [-0.2, -0.15) is 0 Å². The van der Waals surface area contributed by atoms with Crippen LogP contribution in [-0.4, -0.2) is 37.2 Å². The maximum Gasteiger partial charge on any atom is 0.306 e. The highest BCUT2D eigenvalue weighted by Gasteiger charge is 2.19. The predicted molar refractivity (Wildman–Crippen MR) is 358 cm³/mol. The fourth-order valence-electron chi connectivity index (χ4n) is 10.5. The van der Waals surface area contributed by atoms with E-state index in [1.54, 1.807) is 0 Å². The molecule has 0 aromatic rings. The summed E-state index contributed by atoms with van der Waals surface area (Å²) in [5.74, 6) is -0.877. The van der Waals surface area contributed by atoms with E-state index < -0.39 is 6.10 Å². The van der Waals surface area contributed by atoms with Crippen molar-refractivity contribution in [2.45, 2.75) is 380 Å². The molecule has 0 bridgehead atoms. The van der Waals surface area contributed by atoms with E-state index in [2.05, 4.69) is 93.7 Å². The Morgan fingerprint density at radius 1 is 0.244 bits per heavy atom. The quantitative estimate of drug-likeness (QED) is 0.0261. The Bertz CT molecular complexity index is 1500. The number of carbonyl (C=O) groups is 3. The second-order valence-corrected chi connectivity index (χ2v) is 24.1. The van der Waals surface area contributed by atoms with E-state index in [0.29, 0.717) is 19.3 Å². The van der Waals surface area contributed by atoms with Crippen molar-refractivity contribution >= 4 is 17.9 Å². The van der Waals surface area contributed by atoms with E-state index in [1.165, 1.54) is 244 Å². The molecule has 0 saturated heterocycles. The Morgan fingerprint density at radius 3 is 0.707 bits per heavy atom. The standard InChI is InChI=1S/C76H136O6/c1-4-7-10-13-16-19-22-25-28-30-32-34-35-36-37-38-39-40-41-43-44-46-48-51-54-57-60-63-66-69-75(78)81-72-73(71-80-74(77)68-65-62-59-56-53-50-27-24-21-18-15-12-9-6-3)82-76(79)70-67-64-61-58-55-52-49-47-45-42-33-31-29-26-23-20-17-14-11-8-5-2/h15,18,22-27,30-33,73H,4-14,16-17,19-21,28-29,34-72H2,1-3H3/b18-15-,25-22-,26-23-,27-24-,32-30-,33-31-. The highest BCUT2D eigenvalue weighted by molar-refractivity contribution is 5.71. The zero-order chi connectivity index (χ0) is 59.2. The van der Waals surface area contributed by atoms with Crippen molar-refractivity contribution in [1.82, 2.24) is 0 Å². The van der Waals surface area contributed by atoms with Crippen molar-refractivity contribution in [3.05, 3.63) is 72.9 Å². The molecule has 6 heteroatoms. The molecule has 0 spiro atoms. The first-order valence-electron chi connectivity index (χ1n) is 35.9. The molecule has 0 aromatic carbocycles. The van der Waals surface area contributed by atoms with Crippen LogP contribution >= 0.6 is 0 Å². The van der Waals surface area contributed by atoms with Gasteiger partial charge in [0.15, 0.2) is 6.10 Å². The van der Waals surface area contributed by atoms with Crippen molar-refractivity contribution in [1.29, 1.82) is 0 Å². The molecule has 0 radical (unpaired) electrons.